The highest BCUT2D eigenvalue weighted by atomic mass is 16.1. The van der Waals surface area contributed by atoms with Gasteiger partial charge in [-0.2, -0.15) is 0 Å². The zero-order chi connectivity index (χ0) is 11.4. The van der Waals surface area contributed by atoms with Crippen molar-refractivity contribution in [2.24, 2.45) is 0 Å². The molecule has 1 N–H and O–H groups in total. The number of hydrogen-bond acceptors (Lipinski definition) is 1. The second-order valence-corrected chi connectivity index (χ2v) is 3.69. The largest absolute Gasteiger partial charge is 0.322 e. The number of carbonyl (C=O) groups is 1. The van der Waals surface area contributed by atoms with Crippen LogP contribution in [0.5, 0.6) is 0 Å². The summed E-state index contributed by atoms with van der Waals surface area (Å²) in [5.41, 5.74) is 2.64. The van der Waals surface area contributed by atoms with Crippen LogP contribution in [0.15, 0.2) is 54.6 Å². The van der Waals surface area contributed by atoms with E-state index in [1.165, 1.54) is 0 Å². The van der Waals surface area contributed by atoms with Crippen LogP contribution in [0.25, 0.3) is 0 Å². The Bertz CT molecular complexity index is 474. The molecular weight excluding hydrogens is 198 g/mol. The molecule has 0 aliphatic rings. The lowest BCUT2D eigenvalue weighted by molar-refractivity contribution is 0.102. The Morgan fingerprint density at radius 2 is 1.56 bits per heavy atom. The maximum absolute atomic E-state index is 11.8. The Morgan fingerprint density at radius 1 is 0.938 bits per heavy atom. The van der Waals surface area contributed by atoms with E-state index < -0.39 is 0 Å². The van der Waals surface area contributed by atoms with Crippen LogP contribution in [-0.4, -0.2) is 5.91 Å². The molecule has 0 heterocycles. The Hall–Kier alpha value is -2.09. The van der Waals surface area contributed by atoms with Crippen LogP contribution in [0.3, 0.4) is 0 Å². The highest BCUT2D eigenvalue weighted by molar-refractivity contribution is 6.04. The Labute approximate surface area is 94.9 Å². The Balaban J connectivity index is 2.12. The predicted octanol–water partition coefficient (Wildman–Crippen LogP) is 3.25. The third-order valence-electron chi connectivity index (χ3n) is 2.35. The van der Waals surface area contributed by atoms with Crippen LogP contribution >= 0.6 is 0 Å². The average molecular weight is 211 g/mol. The lowest BCUT2D eigenvalue weighted by Crippen LogP contribution is -2.11. The fourth-order valence-corrected chi connectivity index (χ4v) is 1.43. The summed E-state index contributed by atoms with van der Waals surface area (Å²) in [7, 11) is 0. The van der Waals surface area contributed by atoms with Crippen molar-refractivity contribution in [3.8, 4) is 0 Å². The summed E-state index contributed by atoms with van der Waals surface area (Å²) in [6, 6.07) is 17.0. The molecule has 0 unspecified atom stereocenters. The molecule has 1 amide bonds. The van der Waals surface area contributed by atoms with Gasteiger partial charge in [0.2, 0.25) is 0 Å². The van der Waals surface area contributed by atoms with Crippen molar-refractivity contribution in [2.75, 3.05) is 5.32 Å². The molecule has 0 aliphatic carbocycles. The number of aryl methyl sites for hydroxylation is 1. The van der Waals surface area contributed by atoms with Gasteiger partial charge in [0.25, 0.3) is 5.91 Å². The maximum Gasteiger partial charge on any atom is 0.255 e. The highest BCUT2D eigenvalue weighted by Crippen LogP contribution is 2.09. The van der Waals surface area contributed by atoms with Gasteiger partial charge in [-0.3, -0.25) is 4.79 Å². The molecule has 2 nitrogen and oxygen atoms in total. The molecule has 2 heteroatoms. The zero-order valence-electron chi connectivity index (χ0n) is 9.10. The molecule has 0 atom stereocenters. The first kappa shape index (κ1) is 10.4. The van der Waals surface area contributed by atoms with Gasteiger partial charge in [-0.05, 0) is 31.2 Å². The summed E-state index contributed by atoms with van der Waals surface area (Å²) in [6.07, 6.45) is 0. The Kier molecular flexibility index (Phi) is 3.01. The number of amides is 1. The van der Waals surface area contributed by atoms with Gasteiger partial charge in [0.15, 0.2) is 0 Å². The molecule has 2 aromatic carbocycles. The van der Waals surface area contributed by atoms with Gasteiger partial charge in [0.1, 0.15) is 0 Å². The van der Waals surface area contributed by atoms with E-state index in [0.29, 0.717) is 5.56 Å². The predicted molar refractivity (Wildman–Crippen MR) is 65.6 cm³/mol. The molecule has 0 radical (unpaired) electrons. The molecule has 0 saturated carbocycles. The van der Waals surface area contributed by atoms with E-state index in [0.717, 1.165) is 11.3 Å². The van der Waals surface area contributed by atoms with Crippen molar-refractivity contribution in [1.82, 2.24) is 0 Å². The van der Waals surface area contributed by atoms with Crippen molar-refractivity contribution < 1.29 is 4.79 Å². The molecule has 0 aromatic heterocycles. The van der Waals surface area contributed by atoms with Gasteiger partial charge in [0, 0.05) is 11.3 Å². The molecule has 16 heavy (non-hydrogen) atoms. The van der Waals surface area contributed by atoms with Gasteiger partial charge < -0.3 is 5.32 Å². The molecule has 0 fully saturated rings. The van der Waals surface area contributed by atoms with E-state index in [2.05, 4.69) is 5.32 Å². The van der Waals surface area contributed by atoms with Crippen molar-refractivity contribution in [3.63, 3.8) is 0 Å². The number of nitrogens with one attached hydrogen (secondary N) is 1. The summed E-state index contributed by atoms with van der Waals surface area (Å²) in [5, 5.41) is 2.84. The van der Waals surface area contributed by atoms with Crippen LogP contribution in [0, 0.1) is 6.92 Å². The minimum absolute atomic E-state index is 0.0776. The number of para-hydroxylation sites is 1. The van der Waals surface area contributed by atoms with E-state index >= 15 is 0 Å². The SMILES string of the molecule is Cc1ccc(C(=O)Nc2ccccc2)cc1. The van der Waals surface area contributed by atoms with E-state index in [4.69, 9.17) is 0 Å². The third kappa shape index (κ3) is 2.48. The fourth-order valence-electron chi connectivity index (χ4n) is 1.43. The van der Waals surface area contributed by atoms with Crippen molar-refractivity contribution in [1.29, 1.82) is 0 Å². The smallest absolute Gasteiger partial charge is 0.255 e. The van der Waals surface area contributed by atoms with Gasteiger partial charge in [-0.1, -0.05) is 35.9 Å². The van der Waals surface area contributed by atoms with Crippen LogP contribution in [0.2, 0.25) is 0 Å². The number of anilines is 1. The molecule has 0 bridgehead atoms. The second-order valence-electron chi connectivity index (χ2n) is 3.69. The van der Waals surface area contributed by atoms with Crippen LogP contribution in [0.4, 0.5) is 5.69 Å². The molecule has 0 spiro atoms. The van der Waals surface area contributed by atoms with E-state index in [9.17, 15) is 4.79 Å². The van der Waals surface area contributed by atoms with Gasteiger partial charge >= 0.3 is 0 Å². The molecule has 2 rings (SSSR count). The molecule has 0 saturated heterocycles. The molecule has 2 aromatic rings. The van der Waals surface area contributed by atoms with E-state index in [1.54, 1.807) is 0 Å². The van der Waals surface area contributed by atoms with Crippen LogP contribution < -0.4 is 5.32 Å². The topological polar surface area (TPSA) is 29.1 Å². The molecule has 0 aliphatic heterocycles. The Morgan fingerprint density at radius 3 is 2.19 bits per heavy atom. The fraction of sp³-hybridized carbons (Fsp3) is 0.0714. The number of rotatable bonds is 2. The van der Waals surface area contributed by atoms with Crippen molar-refractivity contribution >= 4 is 11.6 Å². The first-order valence-electron chi connectivity index (χ1n) is 5.19. The van der Waals surface area contributed by atoms with Gasteiger partial charge in [-0.25, -0.2) is 0 Å². The average Bonchev–Trinajstić information content (AvgIpc) is 2.31. The zero-order valence-corrected chi connectivity index (χ0v) is 9.10. The number of benzene rings is 2. The van der Waals surface area contributed by atoms with E-state index in [-0.39, 0.29) is 5.91 Å². The first-order valence-corrected chi connectivity index (χ1v) is 5.19. The summed E-state index contributed by atoms with van der Waals surface area (Å²) in [4.78, 5) is 11.8. The summed E-state index contributed by atoms with van der Waals surface area (Å²) >= 11 is 0. The minimum Gasteiger partial charge on any atom is -0.322 e. The lowest BCUT2D eigenvalue weighted by atomic mass is 10.1. The first-order chi connectivity index (χ1) is 7.75. The summed E-state index contributed by atoms with van der Waals surface area (Å²) in [5.74, 6) is -0.0776. The second kappa shape index (κ2) is 4.62. The normalized spacial score (nSPS) is 9.81. The van der Waals surface area contributed by atoms with Crippen LogP contribution in [0.1, 0.15) is 15.9 Å². The maximum atomic E-state index is 11.8. The van der Waals surface area contributed by atoms with Crippen molar-refractivity contribution in [3.05, 3.63) is 65.7 Å². The number of carbonyl (C=O) groups excluding carboxylic acids is 1. The third-order valence-corrected chi connectivity index (χ3v) is 2.35. The molecular formula is C14H13NO. The standard InChI is InChI=1S/C14H13NO/c1-11-7-9-12(10-8-11)14(16)15-13-5-3-2-4-6-13/h2-10H,1H3,(H,15,16). The monoisotopic (exact) mass is 211 g/mol. The lowest BCUT2D eigenvalue weighted by Gasteiger charge is -2.04. The van der Waals surface area contributed by atoms with Crippen LogP contribution in [-0.2, 0) is 0 Å². The summed E-state index contributed by atoms with van der Waals surface area (Å²) < 4.78 is 0. The highest BCUT2D eigenvalue weighted by Gasteiger charge is 2.04. The number of hydrogen-bond donors (Lipinski definition) is 1. The van der Waals surface area contributed by atoms with Crippen molar-refractivity contribution in [2.45, 2.75) is 6.92 Å². The quantitative estimate of drug-likeness (QED) is 0.811. The van der Waals surface area contributed by atoms with E-state index in [1.807, 2.05) is 61.5 Å². The van der Waals surface area contributed by atoms with Gasteiger partial charge in [0.05, 0.1) is 0 Å². The summed E-state index contributed by atoms with van der Waals surface area (Å²) in [6.45, 7) is 2.00. The molecule has 80 valence electrons. The van der Waals surface area contributed by atoms with Gasteiger partial charge in [-0.15, -0.1) is 0 Å². The minimum atomic E-state index is -0.0776.